The summed E-state index contributed by atoms with van der Waals surface area (Å²) < 4.78 is 0. The third-order valence-electron chi connectivity index (χ3n) is 1.13. The Balaban J connectivity index is 3.12. The first kappa shape index (κ1) is 9.21. The predicted molar refractivity (Wildman–Crippen MR) is 42.5 cm³/mol. The SMILES string of the molecule is CCCC/C=C/NC(C)=O. The Morgan fingerprint density at radius 2 is 2.30 bits per heavy atom. The molecule has 0 aromatic heterocycles. The molecule has 2 nitrogen and oxygen atoms in total. The lowest BCUT2D eigenvalue weighted by atomic mass is 10.2. The van der Waals surface area contributed by atoms with Gasteiger partial charge in [-0.1, -0.05) is 25.8 Å². The number of carbonyl (C=O) groups excluding carboxylic acids is 1. The molecule has 2 heteroatoms. The Bertz CT molecular complexity index is 118. The van der Waals surface area contributed by atoms with Gasteiger partial charge in [-0.2, -0.15) is 0 Å². The highest BCUT2D eigenvalue weighted by atomic mass is 16.1. The first-order chi connectivity index (χ1) is 4.77. The summed E-state index contributed by atoms with van der Waals surface area (Å²) in [6.07, 6.45) is 7.13. The maximum absolute atomic E-state index is 10.3. The fourth-order valence-corrected chi connectivity index (χ4v) is 0.582. The Morgan fingerprint density at radius 3 is 2.80 bits per heavy atom. The van der Waals surface area contributed by atoms with E-state index in [1.54, 1.807) is 6.20 Å². The minimum absolute atomic E-state index is 0.00671. The zero-order valence-corrected chi connectivity index (χ0v) is 6.68. The third kappa shape index (κ3) is 7.21. The molecule has 10 heavy (non-hydrogen) atoms. The van der Waals surface area contributed by atoms with E-state index in [0.29, 0.717) is 0 Å². The number of amides is 1. The van der Waals surface area contributed by atoms with E-state index in [-0.39, 0.29) is 5.91 Å². The summed E-state index contributed by atoms with van der Waals surface area (Å²) in [6, 6.07) is 0. The Kier molecular flexibility index (Phi) is 5.83. The van der Waals surface area contributed by atoms with Gasteiger partial charge in [-0.05, 0) is 12.6 Å². The zero-order valence-electron chi connectivity index (χ0n) is 6.68. The summed E-state index contributed by atoms with van der Waals surface area (Å²) in [7, 11) is 0. The molecule has 0 bridgehead atoms. The molecule has 0 spiro atoms. The van der Waals surface area contributed by atoms with Crippen LogP contribution in [0.1, 0.15) is 33.1 Å². The van der Waals surface area contributed by atoms with Crippen LogP contribution in [0.2, 0.25) is 0 Å². The molecular weight excluding hydrogens is 126 g/mol. The van der Waals surface area contributed by atoms with Crippen LogP contribution in [-0.2, 0) is 4.79 Å². The van der Waals surface area contributed by atoms with E-state index in [2.05, 4.69) is 12.2 Å². The van der Waals surface area contributed by atoms with Gasteiger partial charge in [0.15, 0.2) is 0 Å². The van der Waals surface area contributed by atoms with Gasteiger partial charge in [0.25, 0.3) is 0 Å². The van der Waals surface area contributed by atoms with Crippen LogP contribution < -0.4 is 5.32 Å². The van der Waals surface area contributed by atoms with Crippen molar-refractivity contribution in [3.63, 3.8) is 0 Å². The molecule has 1 N–H and O–H groups in total. The molecule has 0 aromatic rings. The van der Waals surface area contributed by atoms with Crippen molar-refractivity contribution in [2.45, 2.75) is 33.1 Å². The molecule has 0 aliphatic carbocycles. The van der Waals surface area contributed by atoms with Gasteiger partial charge in [-0.3, -0.25) is 4.79 Å². The summed E-state index contributed by atoms with van der Waals surface area (Å²) >= 11 is 0. The second-order valence-electron chi connectivity index (χ2n) is 2.25. The average Bonchev–Trinajstić information content (AvgIpc) is 1.87. The zero-order chi connectivity index (χ0) is 7.82. The molecule has 0 radical (unpaired) electrons. The molecule has 0 saturated carbocycles. The second kappa shape index (κ2) is 6.33. The second-order valence-corrected chi connectivity index (χ2v) is 2.25. The van der Waals surface area contributed by atoms with Gasteiger partial charge >= 0.3 is 0 Å². The molecule has 0 rings (SSSR count). The topological polar surface area (TPSA) is 29.1 Å². The molecule has 58 valence electrons. The predicted octanol–water partition coefficient (Wildman–Crippen LogP) is 1.83. The van der Waals surface area contributed by atoms with Gasteiger partial charge in [0.1, 0.15) is 0 Å². The van der Waals surface area contributed by atoms with Crippen molar-refractivity contribution in [3.8, 4) is 0 Å². The number of hydrogen-bond acceptors (Lipinski definition) is 1. The number of carbonyl (C=O) groups is 1. The summed E-state index contributed by atoms with van der Waals surface area (Å²) in [5.74, 6) is -0.00671. The highest BCUT2D eigenvalue weighted by Gasteiger charge is 1.81. The van der Waals surface area contributed by atoms with Gasteiger partial charge in [-0.25, -0.2) is 0 Å². The Morgan fingerprint density at radius 1 is 1.60 bits per heavy atom. The van der Waals surface area contributed by atoms with E-state index < -0.39 is 0 Å². The first-order valence-electron chi connectivity index (χ1n) is 3.69. The smallest absolute Gasteiger partial charge is 0.220 e. The molecule has 0 atom stereocenters. The molecule has 0 aliphatic heterocycles. The van der Waals surface area contributed by atoms with E-state index >= 15 is 0 Å². The Labute approximate surface area is 62.3 Å². The summed E-state index contributed by atoms with van der Waals surface area (Å²) in [5.41, 5.74) is 0. The lowest BCUT2D eigenvalue weighted by Gasteiger charge is -1.90. The summed E-state index contributed by atoms with van der Waals surface area (Å²) in [6.45, 7) is 3.65. The lowest BCUT2D eigenvalue weighted by molar-refractivity contribution is -0.118. The van der Waals surface area contributed by atoms with Crippen LogP contribution in [0.15, 0.2) is 12.3 Å². The van der Waals surface area contributed by atoms with E-state index in [4.69, 9.17) is 0 Å². The molecule has 0 aliphatic rings. The van der Waals surface area contributed by atoms with Crippen LogP contribution in [0, 0.1) is 0 Å². The van der Waals surface area contributed by atoms with Crippen LogP contribution >= 0.6 is 0 Å². The minimum Gasteiger partial charge on any atom is -0.333 e. The fourth-order valence-electron chi connectivity index (χ4n) is 0.582. The van der Waals surface area contributed by atoms with Gasteiger partial charge in [0.2, 0.25) is 5.91 Å². The lowest BCUT2D eigenvalue weighted by Crippen LogP contribution is -2.11. The quantitative estimate of drug-likeness (QED) is 0.594. The monoisotopic (exact) mass is 141 g/mol. The maximum Gasteiger partial charge on any atom is 0.220 e. The number of hydrogen-bond donors (Lipinski definition) is 1. The van der Waals surface area contributed by atoms with E-state index in [1.807, 2.05) is 6.08 Å². The summed E-state index contributed by atoms with van der Waals surface area (Å²) in [5, 5.41) is 2.58. The van der Waals surface area contributed by atoms with Gasteiger partial charge in [0, 0.05) is 6.92 Å². The largest absolute Gasteiger partial charge is 0.333 e. The van der Waals surface area contributed by atoms with Crippen molar-refractivity contribution in [3.05, 3.63) is 12.3 Å². The van der Waals surface area contributed by atoms with Gasteiger partial charge in [-0.15, -0.1) is 0 Å². The minimum atomic E-state index is -0.00671. The molecule has 0 aromatic carbocycles. The van der Waals surface area contributed by atoms with Crippen LogP contribution in [0.3, 0.4) is 0 Å². The molecule has 0 fully saturated rings. The fraction of sp³-hybridized carbons (Fsp3) is 0.625. The van der Waals surface area contributed by atoms with Crippen LogP contribution in [0.25, 0.3) is 0 Å². The summed E-state index contributed by atoms with van der Waals surface area (Å²) in [4.78, 5) is 10.3. The number of allylic oxidation sites excluding steroid dienone is 1. The van der Waals surface area contributed by atoms with Crippen molar-refractivity contribution < 1.29 is 4.79 Å². The van der Waals surface area contributed by atoms with Gasteiger partial charge < -0.3 is 5.32 Å². The standard InChI is InChI=1S/C8H15NO/c1-3-4-5-6-7-9-8(2)10/h6-7H,3-5H2,1-2H3,(H,9,10)/b7-6+. The van der Waals surface area contributed by atoms with Crippen LogP contribution in [0.5, 0.6) is 0 Å². The van der Waals surface area contributed by atoms with E-state index in [1.165, 1.54) is 19.8 Å². The van der Waals surface area contributed by atoms with Crippen LogP contribution in [0.4, 0.5) is 0 Å². The van der Waals surface area contributed by atoms with Crippen molar-refractivity contribution in [1.82, 2.24) is 5.32 Å². The molecule has 0 heterocycles. The normalized spacial score (nSPS) is 10.2. The molecule has 0 unspecified atom stereocenters. The van der Waals surface area contributed by atoms with Crippen LogP contribution in [-0.4, -0.2) is 5.91 Å². The van der Waals surface area contributed by atoms with Gasteiger partial charge in [0.05, 0.1) is 0 Å². The first-order valence-corrected chi connectivity index (χ1v) is 3.69. The highest BCUT2D eigenvalue weighted by molar-refractivity contribution is 5.73. The van der Waals surface area contributed by atoms with Crippen molar-refractivity contribution in [2.24, 2.45) is 0 Å². The Hall–Kier alpha value is -0.790. The number of nitrogens with one attached hydrogen (secondary N) is 1. The molecular formula is C8H15NO. The third-order valence-corrected chi connectivity index (χ3v) is 1.13. The molecule has 0 saturated heterocycles. The van der Waals surface area contributed by atoms with Crippen molar-refractivity contribution in [2.75, 3.05) is 0 Å². The number of unbranched alkanes of at least 4 members (excludes halogenated alkanes) is 2. The number of rotatable bonds is 4. The maximum atomic E-state index is 10.3. The van der Waals surface area contributed by atoms with E-state index in [0.717, 1.165) is 6.42 Å². The highest BCUT2D eigenvalue weighted by Crippen LogP contribution is 1.93. The molecule has 1 amide bonds. The van der Waals surface area contributed by atoms with Crippen molar-refractivity contribution in [1.29, 1.82) is 0 Å². The van der Waals surface area contributed by atoms with E-state index in [9.17, 15) is 4.79 Å². The average molecular weight is 141 g/mol. The van der Waals surface area contributed by atoms with Crippen molar-refractivity contribution >= 4 is 5.91 Å².